The van der Waals surface area contributed by atoms with E-state index in [1.807, 2.05) is 0 Å². The van der Waals surface area contributed by atoms with Crippen molar-refractivity contribution in [2.24, 2.45) is 0 Å². The smallest absolute Gasteiger partial charge is 0.0294 e. The van der Waals surface area contributed by atoms with Gasteiger partial charge in [-0.05, 0) is 50.7 Å². The minimum absolute atomic E-state index is 0.433. The molecule has 0 aliphatic carbocycles. The normalized spacial score (nSPS) is 29.9. The van der Waals surface area contributed by atoms with Gasteiger partial charge in [-0.2, -0.15) is 11.8 Å². The predicted octanol–water partition coefficient (Wildman–Crippen LogP) is 5.48. The van der Waals surface area contributed by atoms with Crippen molar-refractivity contribution in [3.05, 3.63) is 71.8 Å². The molecule has 2 aliphatic heterocycles. The third-order valence-electron chi connectivity index (χ3n) is 6.30. The molecule has 2 nitrogen and oxygen atoms in total. The van der Waals surface area contributed by atoms with Gasteiger partial charge < -0.3 is 10.6 Å². The molecule has 2 unspecified atom stereocenters. The van der Waals surface area contributed by atoms with Crippen molar-refractivity contribution in [2.45, 2.75) is 74.2 Å². The highest BCUT2D eigenvalue weighted by Gasteiger charge is 2.39. The average molecular weight is 381 g/mol. The summed E-state index contributed by atoms with van der Waals surface area (Å²) in [5.41, 5.74) is 2.80. The van der Waals surface area contributed by atoms with E-state index in [9.17, 15) is 0 Å². The van der Waals surface area contributed by atoms with Gasteiger partial charge in [-0.25, -0.2) is 0 Å². The van der Waals surface area contributed by atoms with Crippen LogP contribution in [-0.2, 0) is 0 Å². The first-order valence-electron chi connectivity index (χ1n) is 10.5. The number of thioether (sulfide) groups is 1. The molecule has 2 aliphatic rings. The van der Waals surface area contributed by atoms with E-state index in [-0.39, 0.29) is 0 Å². The van der Waals surface area contributed by atoms with Crippen LogP contribution < -0.4 is 10.6 Å². The van der Waals surface area contributed by atoms with Gasteiger partial charge in [-0.1, -0.05) is 60.7 Å². The van der Waals surface area contributed by atoms with Gasteiger partial charge in [0.2, 0.25) is 0 Å². The minimum Gasteiger partial charge on any atom is -0.306 e. The zero-order valence-corrected chi connectivity index (χ0v) is 17.3. The largest absolute Gasteiger partial charge is 0.306 e. The first-order chi connectivity index (χ1) is 13.2. The third-order valence-corrected chi connectivity index (χ3v) is 8.13. The highest BCUT2D eigenvalue weighted by Crippen LogP contribution is 2.42. The lowest BCUT2D eigenvalue weighted by molar-refractivity contribution is 0.306. The van der Waals surface area contributed by atoms with E-state index >= 15 is 0 Å². The van der Waals surface area contributed by atoms with E-state index in [0.717, 1.165) is 10.5 Å². The molecule has 2 saturated heterocycles. The summed E-state index contributed by atoms with van der Waals surface area (Å²) in [6.45, 7) is 4.61. The fourth-order valence-corrected chi connectivity index (χ4v) is 6.51. The van der Waals surface area contributed by atoms with Crippen LogP contribution in [0, 0.1) is 0 Å². The van der Waals surface area contributed by atoms with E-state index in [1.165, 1.54) is 36.8 Å². The lowest BCUT2D eigenvalue weighted by Crippen LogP contribution is -2.52. The maximum atomic E-state index is 3.93. The van der Waals surface area contributed by atoms with Gasteiger partial charge in [-0.3, -0.25) is 0 Å². The summed E-state index contributed by atoms with van der Waals surface area (Å²) in [4.78, 5) is 0. The molecule has 144 valence electrons. The van der Waals surface area contributed by atoms with Crippen LogP contribution in [-0.4, -0.2) is 22.6 Å². The van der Waals surface area contributed by atoms with E-state index in [1.54, 1.807) is 0 Å². The molecule has 2 aromatic rings. The van der Waals surface area contributed by atoms with Crippen LogP contribution >= 0.6 is 11.8 Å². The third kappa shape index (κ3) is 4.59. The topological polar surface area (TPSA) is 24.1 Å². The van der Waals surface area contributed by atoms with Crippen LogP contribution in [0.2, 0.25) is 0 Å². The highest BCUT2D eigenvalue weighted by molar-refractivity contribution is 8.00. The zero-order chi connectivity index (χ0) is 18.6. The maximum absolute atomic E-state index is 3.93. The van der Waals surface area contributed by atoms with Gasteiger partial charge in [0.05, 0.1) is 0 Å². The molecule has 2 fully saturated rings. The van der Waals surface area contributed by atoms with Crippen LogP contribution in [0.15, 0.2) is 60.7 Å². The number of nitrogens with one attached hydrogen (secondary N) is 2. The van der Waals surface area contributed by atoms with Crippen molar-refractivity contribution in [1.29, 1.82) is 0 Å². The van der Waals surface area contributed by atoms with Gasteiger partial charge >= 0.3 is 0 Å². The molecule has 2 bridgehead atoms. The summed E-state index contributed by atoms with van der Waals surface area (Å²) >= 11 is 2.24. The molecule has 3 heteroatoms. The molecule has 0 spiro atoms. The van der Waals surface area contributed by atoms with Crippen molar-refractivity contribution in [2.75, 3.05) is 0 Å². The fraction of sp³-hybridized carbons (Fsp3) is 0.500. The van der Waals surface area contributed by atoms with Crippen molar-refractivity contribution >= 4 is 11.8 Å². The first-order valence-corrected chi connectivity index (χ1v) is 11.4. The number of hydrogen-bond donors (Lipinski definition) is 2. The molecule has 0 amide bonds. The van der Waals surface area contributed by atoms with Crippen LogP contribution in [0.4, 0.5) is 0 Å². The van der Waals surface area contributed by atoms with Crippen LogP contribution in [0.25, 0.3) is 0 Å². The quantitative estimate of drug-likeness (QED) is 0.693. The SMILES string of the molecule is CC(N[C@@H]1CC[C@H]2S[C@@H]1CC[C@H]2NC(C)c1ccccc1)c1ccccc1. The Kier molecular flexibility index (Phi) is 6.21. The Balaban J connectivity index is 1.32. The van der Waals surface area contributed by atoms with Crippen LogP contribution in [0.1, 0.15) is 62.7 Å². The number of benzene rings is 2. The molecular weight excluding hydrogens is 348 g/mol. The summed E-state index contributed by atoms with van der Waals surface area (Å²) in [6, 6.07) is 23.9. The Hall–Kier alpha value is -1.29. The Morgan fingerprint density at radius 1 is 0.667 bits per heavy atom. The molecule has 0 radical (unpaired) electrons. The lowest BCUT2D eigenvalue weighted by Gasteiger charge is -2.46. The summed E-state index contributed by atoms with van der Waals surface area (Å²) in [5, 5.41) is 9.39. The number of hydrogen-bond acceptors (Lipinski definition) is 3. The Labute approximate surface area is 168 Å². The predicted molar refractivity (Wildman–Crippen MR) is 117 cm³/mol. The molecule has 2 aromatic carbocycles. The van der Waals surface area contributed by atoms with Crippen molar-refractivity contribution in [1.82, 2.24) is 10.6 Å². The maximum Gasteiger partial charge on any atom is 0.0294 e. The Bertz CT molecular complexity index is 643. The second kappa shape index (κ2) is 8.81. The summed E-state index contributed by atoms with van der Waals surface area (Å²) in [5.74, 6) is 0. The van der Waals surface area contributed by atoms with E-state index in [0.29, 0.717) is 24.2 Å². The van der Waals surface area contributed by atoms with Gasteiger partial charge in [0.25, 0.3) is 0 Å². The average Bonchev–Trinajstić information content (AvgIpc) is 2.73. The van der Waals surface area contributed by atoms with E-state index in [2.05, 4.69) is 96.9 Å². The molecule has 27 heavy (non-hydrogen) atoms. The van der Waals surface area contributed by atoms with Crippen molar-refractivity contribution < 1.29 is 0 Å². The molecule has 2 N–H and O–H groups in total. The Morgan fingerprint density at radius 2 is 1.07 bits per heavy atom. The molecule has 6 atom stereocenters. The van der Waals surface area contributed by atoms with Crippen molar-refractivity contribution in [3.63, 3.8) is 0 Å². The van der Waals surface area contributed by atoms with Gasteiger partial charge in [0, 0.05) is 34.7 Å². The summed E-state index contributed by atoms with van der Waals surface area (Å²) in [6.07, 6.45) is 5.24. The molecule has 4 rings (SSSR count). The molecular formula is C24H32N2S. The second-order valence-electron chi connectivity index (χ2n) is 8.18. The van der Waals surface area contributed by atoms with Crippen LogP contribution in [0.3, 0.4) is 0 Å². The molecule has 0 aromatic heterocycles. The van der Waals surface area contributed by atoms with E-state index in [4.69, 9.17) is 0 Å². The van der Waals surface area contributed by atoms with Crippen LogP contribution in [0.5, 0.6) is 0 Å². The summed E-state index contributed by atoms with van der Waals surface area (Å²) < 4.78 is 0. The first kappa shape index (κ1) is 19.0. The zero-order valence-electron chi connectivity index (χ0n) is 16.5. The minimum atomic E-state index is 0.433. The number of fused-ring (bicyclic) bond motifs is 2. The fourth-order valence-electron chi connectivity index (χ4n) is 4.71. The number of rotatable bonds is 6. The summed E-state index contributed by atoms with van der Waals surface area (Å²) in [7, 11) is 0. The lowest BCUT2D eigenvalue weighted by atomic mass is 9.90. The molecule has 0 saturated carbocycles. The standard InChI is InChI=1S/C24H32N2S/c1-17(19-9-5-3-6-10-19)25-21-13-15-24-22(14-16-23(21)27-24)26-18(2)20-11-7-4-8-12-20/h3-12,17-18,21-26H,13-16H2,1-2H3/t17?,18?,21-,22-,23-,24-/m1/s1. The van der Waals surface area contributed by atoms with E-state index < -0.39 is 0 Å². The molecule has 2 heterocycles. The highest BCUT2D eigenvalue weighted by atomic mass is 32.2. The monoisotopic (exact) mass is 380 g/mol. The second-order valence-corrected chi connectivity index (χ2v) is 9.66. The van der Waals surface area contributed by atoms with Gasteiger partial charge in [0.1, 0.15) is 0 Å². The Morgan fingerprint density at radius 3 is 1.48 bits per heavy atom. The van der Waals surface area contributed by atoms with Gasteiger partial charge in [-0.15, -0.1) is 0 Å². The van der Waals surface area contributed by atoms with Gasteiger partial charge in [0.15, 0.2) is 0 Å². The van der Waals surface area contributed by atoms with Crippen molar-refractivity contribution in [3.8, 4) is 0 Å².